The van der Waals surface area contributed by atoms with Crippen LogP contribution in [0.3, 0.4) is 0 Å². The number of nitrogens with one attached hydrogen (secondary N) is 2. The van der Waals surface area contributed by atoms with Gasteiger partial charge >= 0.3 is 35.8 Å². The lowest BCUT2D eigenvalue weighted by molar-refractivity contribution is -0.238. The molecule has 1 fully saturated rings. The first-order valence-corrected chi connectivity index (χ1v) is 14.8. The first-order valence-electron chi connectivity index (χ1n) is 14.8. The molecule has 20 nitrogen and oxygen atoms in total. The van der Waals surface area contributed by atoms with Gasteiger partial charge < -0.3 is 43.8 Å². The SMILES string of the molecule is COC(=O)[C@@]1(N=[N+]=[N-])C[C@H](OC(C)=O)[C@@H](NC(=O)COC(C)=O)[C@H]([C@H](OC(C)=O)[C@@H](CNC(=O)Cc2cccc(OC(C)=O)c2)OC(C)=O)O1. The van der Waals surface area contributed by atoms with Crippen LogP contribution in [0.5, 0.6) is 5.75 Å². The highest BCUT2D eigenvalue weighted by Crippen LogP contribution is 2.37. The molecule has 1 aliphatic heterocycles. The fourth-order valence-electron chi connectivity index (χ4n) is 4.93. The van der Waals surface area contributed by atoms with E-state index in [0.717, 1.165) is 34.8 Å². The largest absolute Gasteiger partial charge is 0.467 e. The van der Waals surface area contributed by atoms with Crippen molar-refractivity contribution in [2.75, 3.05) is 20.3 Å². The van der Waals surface area contributed by atoms with Crippen LogP contribution in [0, 0.1) is 0 Å². The predicted octanol–water partition coefficient (Wildman–Crippen LogP) is 0.0821. The van der Waals surface area contributed by atoms with E-state index in [1.165, 1.54) is 19.1 Å². The number of benzene rings is 1. The summed E-state index contributed by atoms with van der Waals surface area (Å²) in [6.07, 6.45) is -7.89. The molecule has 20 heteroatoms. The van der Waals surface area contributed by atoms with Gasteiger partial charge in [0.2, 0.25) is 11.6 Å². The van der Waals surface area contributed by atoms with Gasteiger partial charge in [-0.15, -0.1) is 0 Å². The van der Waals surface area contributed by atoms with Crippen molar-refractivity contribution >= 4 is 47.6 Å². The molecule has 6 atom stereocenters. The summed E-state index contributed by atoms with van der Waals surface area (Å²) < 4.78 is 36.8. The van der Waals surface area contributed by atoms with Crippen molar-refractivity contribution < 1.29 is 71.5 Å². The van der Waals surface area contributed by atoms with Gasteiger partial charge in [-0.2, -0.15) is 0 Å². The van der Waals surface area contributed by atoms with E-state index in [4.69, 9.17) is 33.2 Å². The highest BCUT2D eigenvalue weighted by molar-refractivity contribution is 5.82. The molecule has 2 amide bonds. The van der Waals surface area contributed by atoms with Crippen molar-refractivity contribution in [2.24, 2.45) is 5.11 Å². The summed E-state index contributed by atoms with van der Waals surface area (Å²) in [5.41, 5.74) is 7.20. The Kier molecular flexibility index (Phi) is 15.1. The zero-order chi connectivity index (χ0) is 37.6. The Labute approximate surface area is 285 Å². The third kappa shape index (κ3) is 12.4. The molecule has 0 radical (unpaired) electrons. The average Bonchev–Trinajstić information content (AvgIpc) is 3.01. The summed E-state index contributed by atoms with van der Waals surface area (Å²) in [5.74, 6) is -6.98. The first kappa shape index (κ1) is 40.4. The van der Waals surface area contributed by atoms with Crippen molar-refractivity contribution in [2.45, 2.75) is 83.6 Å². The lowest BCUT2D eigenvalue weighted by Crippen LogP contribution is -2.68. The van der Waals surface area contributed by atoms with Gasteiger partial charge in [-0.3, -0.25) is 33.6 Å². The maximum Gasteiger partial charge on any atom is 0.344 e. The fourth-order valence-corrected chi connectivity index (χ4v) is 4.93. The molecule has 0 bridgehead atoms. The molecule has 1 saturated heterocycles. The molecular formula is C30H37N5O15. The molecule has 0 aliphatic carbocycles. The number of nitrogens with zero attached hydrogens (tertiary/aromatic N) is 3. The van der Waals surface area contributed by atoms with E-state index in [1.807, 2.05) is 0 Å². The predicted molar refractivity (Wildman–Crippen MR) is 163 cm³/mol. The second-order valence-corrected chi connectivity index (χ2v) is 10.7. The normalized spacial score (nSPS) is 20.6. The Morgan fingerprint density at radius 1 is 0.960 bits per heavy atom. The number of amides is 2. The molecule has 2 N–H and O–H groups in total. The zero-order valence-electron chi connectivity index (χ0n) is 28.0. The van der Waals surface area contributed by atoms with E-state index in [9.17, 15) is 43.9 Å². The number of carbonyl (C=O) groups is 8. The Hall–Kier alpha value is -5.75. The van der Waals surface area contributed by atoms with Gasteiger partial charge in [0.15, 0.2) is 18.8 Å². The third-order valence-electron chi connectivity index (χ3n) is 6.66. The molecule has 0 unspecified atom stereocenters. The number of azide groups is 1. The van der Waals surface area contributed by atoms with Crippen LogP contribution in [0.25, 0.3) is 10.4 Å². The van der Waals surface area contributed by atoms with Gasteiger partial charge in [0.05, 0.1) is 26.1 Å². The van der Waals surface area contributed by atoms with Gasteiger partial charge in [0, 0.05) is 46.0 Å². The van der Waals surface area contributed by atoms with Gasteiger partial charge in [-0.1, -0.05) is 12.1 Å². The van der Waals surface area contributed by atoms with E-state index in [-0.39, 0.29) is 12.2 Å². The molecule has 1 aliphatic rings. The topological polar surface area (TPSA) is 274 Å². The lowest BCUT2D eigenvalue weighted by Gasteiger charge is -2.47. The van der Waals surface area contributed by atoms with Crippen LogP contribution in [0.2, 0.25) is 0 Å². The number of methoxy groups -OCH3 is 1. The van der Waals surface area contributed by atoms with Crippen molar-refractivity contribution in [1.29, 1.82) is 0 Å². The van der Waals surface area contributed by atoms with Crippen LogP contribution in [-0.4, -0.2) is 104 Å². The van der Waals surface area contributed by atoms with E-state index in [0.29, 0.717) is 5.56 Å². The van der Waals surface area contributed by atoms with Crippen LogP contribution in [0.15, 0.2) is 29.4 Å². The standard InChI is InChI=1S/C30H37N5O15/c1-15(36)45-14-25(42)33-26-22(47-17(3)38)12-30(34-35-31,29(43)44-6)50-28(26)27(49-19(5)40)23(48-18(4)39)13-32-24(41)11-20-8-7-9-21(10-20)46-16(2)37/h7-10,22-23,26-28H,11-14H2,1-6H3,(H,32,41)(H,33,42)/t22-,23+,26+,27+,28+,30+/m0/s1. The fraction of sp³-hybridized carbons (Fsp3) is 0.533. The highest BCUT2D eigenvalue weighted by Gasteiger charge is 2.58. The van der Waals surface area contributed by atoms with Gasteiger partial charge in [-0.05, 0) is 28.3 Å². The highest BCUT2D eigenvalue weighted by atomic mass is 16.6. The van der Waals surface area contributed by atoms with Gasteiger partial charge in [0.1, 0.15) is 18.0 Å². The zero-order valence-corrected chi connectivity index (χ0v) is 28.0. The molecule has 1 aromatic carbocycles. The molecule has 0 spiro atoms. The van der Waals surface area contributed by atoms with Crippen LogP contribution in [0.4, 0.5) is 0 Å². The van der Waals surface area contributed by atoms with Crippen LogP contribution >= 0.6 is 0 Å². The molecule has 1 aromatic rings. The van der Waals surface area contributed by atoms with Crippen molar-refractivity contribution in [3.8, 4) is 5.75 Å². The second-order valence-electron chi connectivity index (χ2n) is 10.7. The molecule has 0 aromatic heterocycles. The molecule has 2 rings (SSSR count). The van der Waals surface area contributed by atoms with Crippen molar-refractivity contribution in [1.82, 2.24) is 10.6 Å². The summed E-state index contributed by atoms with van der Waals surface area (Å²) in [5, 5.41) is 8.42. The first-order chi connectivity index (χ1) is 23.5. The monoisotopic (exact) mass is 707 g/mol. The van der Waals surface area contributed by atoms with E-state index in [2.05, 4.69) is 20.7 Å². The Bertz CT molecular complexity index is 1530. The minimum atomic E-state index is -2.60. The molecule has 50 heavy (non-hydrogen) atoms. The minimum absolute atomic E-state index is 0.184. The van der Waals surface area contributed by atoms with Crippen LogP contribution in [-0.2, 0) is 73.2 Å². The minimum Gasteiger partial charge on any atom is -0.467 e. The Morgan fingerprint density at radius 2 is 1.64 bits per heavy atom. The number of hydrogen-bond acceptors (Lipinski definition) is 16. The summed E-state index contributed by atoms with van der Waals surface area (Å²) >= 11 is 0. The van der Waals surface area contributed by atoms with Crippen molar-refractivity contribution in [3.63, 3.8) is 0 Å². The summed E-state index contributed by atoms with van der Waals surface area (Å²) in [7, 11) is 0.936. The summed E-state index contributed by atoms with van der Waals surface area (Å²) in [6, 6.07) is 4.50. The number of carbonyl (C=O) groups excluding carboxylic acids is 8. The van der Waals surface area contributed by atoms with Crippen LogP contribution < -0.4 is 15.4 Å². The Morgan fingerprint density at radius 3 is 2.20 bits per heavy atom. The van der Waals surface area contributed by atoms with Gasteiger partial charge in [0.25, 0.3) is 5.91 Å². The maximum atomic E-state index is 13.1. The van der Waals surface area contributed by atoms with E-state index < -0.39 is 103 Å². The van der Waals surface area contributed by atoms with E-state index >= 15 is 0 Å². The second kappa shape index (κ2) is 18.7. The van der Waals surface area contributed by atoms with E-state index in [1.54, 1.807) is 12.1 Å². The molecule has 272 valence electrons. The summed E-state index contributed by atoms with van der Waals surface area (Å²) in [4.78, 5) is 101. The Balaban J connectivity index is 2.62. The molecular weight excluding hydrogens is 670 g/mol. The van der Waals surface area contributed by atoms with Gasteiger partial charge in [-0.25, -0.2) is 4.79 Å². The third-order valence-corrected chi connectivity index (χ3v) is 6.66. The van der Waals surface area contributed by atoms with Crippen molar-refractivity contribution in [3.05, 3.63) is 40.3 Å². The average molecular weight is 708 g/mol. The number of ether oxygens (including phenoxy) is 7. The lowest BCUT2D eigenvalue weighted by atomic mass is 9.87. The molecule has 0 saturated carbocycles. The number of rotatable bonds is 15. The number of hydrogen-bond donors (Lipinski definition) is 2. The quantitative estimate of drug-likeness (QED) is 0.0610. The van der Waals surface area contributed by atoms with Crippen LogP contribution in [0.1, 0.15) is 46.6 Å². The smallest absolute Gasteiger partial charge is 0.344 e. The maximum absolute atomic E-state index is 13.1. The summed E-state index contributed by atoms with van der Waals surface area (Å²) in [6.45, 7) is 3.81. The number of esters is 6. The molecule has 1 heterocycles.